The first-order valence-corrected chi connectivity index (χ1v) is 9.05. The molecule has 0 aliphatic rings. The fourth-order valence-corrected chi connectivity index (χ4v) is 3.00. The normalized spacial score (nSPS) is 10.0. The van der Waals surface area contributed by atoms with Crippen LogP contribution in [0.25, 0.3) is 0 Å². The number of ether oxygens (including phenoxy) is 3. The fourth-order valence-electron chi connectivity index (χ4n) is 3.00. The van der Waals surface area contributed by atoms with Crippen LogP contribution in [0.1, 0.15) is 27.9 Å². The highest BCUT2D eigenvalue weighted by Crippen LogP contribution is 2.29. The van der Waals surface area contributed by atoms with Gasteiger partial charge in [-0.1, -0.05) is 12.1 Å². The Morgan fingerprint density at radius 2 is 1.62 bits per heavy atom. The highest BCUT2D eigenvalue weighted by molar-refractivity contribution is 5.99. The molecule has 0 bridgehead atoms. The molecule has 0 heterocycles. The molecule has 0 spiro atoms. The number of benzene rings is 2. The van der Waals surface area contributed by atoms with E-state index >= 15 is 0 Å². The van der Waals surface area contributed by atoms with Gasteiger partial charge in [0.05, 0.1) is 26.7 Å². The Morgan fingerprint density at radius 1 is 1.03 bits per heavy atom. The summed E-state index contributed by atoms with van der Waals surface area (Å²) in [6.45, 7) is 3.58. The first kappa shape index (κ1) is 21.8. The van der Waals surface area contributed by atoms with E-state index in [4.69, 9.17) is 19.5 Å². The second kappa shape index (κ2) is 10.1. The second-order valence-corrected chi connectivity index (χ2v) is 6.41. The Hall–Kier alpha value is -3.53. The maximum absolute atomic E-state index is 12.8. The van der Waals surface area contributed by atoms with Gasteiger partial charge in [-0.05, 0) is 49.2 Å². The summed E-state index contributed by atoms with van der Waals surface area (Å²) in [5.74, 6) is -0.573. The molecule has 0 radical (unpaired) electrons. The molecular weight excluding hydrogens is 372 g/mol. The number of carbonyl (C=O) groups excluding carboxylic acids is 2. The van der Waals surface area contributed by atoms with E-state index in [0.717, 1.165) is 11.1 Å². The van der Waals surface area contributed by atoms with Crippen LogP contribution in [0.2, 0.25) is 0 Å². The standard InChI is InChI=1S/C22H24N2O5/c1-15-11-16(2)13-17(12-15)24(10-6-9-23)20(25)14-29-22(26)21-18(27-3)7-5-8-19(21)28-4/h5,7-8,11-13H,6,10,14H2,1-4H3. The minimum absolute atomic E-state index is 0.111. The number of rotatable bonds is 8. The van der Waals surface area contributed by atoms with Crippen molar-refractivity contribution in [1.29, 1.82) is 5.26 Å². The van der Waals surface area contributed by atoms with E-state index in [0.29, 0.717) is 5.69 Å². The number of esters is 1. The Bertz CT molecular complexity index is 891. The third-order valence-corrected chi connectivity index (χ3v) is 4.23. The summed E-state index contributed by atoms with van der Waals surface area (Å²) in [5, 5.41) is 8.93. The van der Waals surface area contributed by atoms with Gasteiger partial charge in [0.15, 0.2) is 6.61 Å². The molecule has 2 aromatic rings. The molecule has 0 fully saturated rings. The number of nitriles is 1. The largest absolute Gasteiger partial charge is 0.496 e. The fraction of sp³-hybridized carbons (Fsp3) is 0.318. The molecule has 2 rings (SSSR count). The highest BCUT2D eigenvalue weighted by atomic mass is 16.5. The third kappa shape index (κ3) is 5.48. The SMILES string of the molecule is COc1cccc(OC)c1C(=O)OCC(=O)N(CCC#N)c1cc(C)cc(C)c1. The molecule has 152 valence electrons. The lowest BCUT2D eigenvalue weighted by atomic mass is 10.1. The number of amides is 1. The number of aryl methyl sites for hydroxylation is 2. The molecule has 2 aromatic carbocycles. The number of anilines is 1. The minimum Gasteiger partial charge on any atom is -0.496 e. The molecule has 29 heavy (non-hydrogen) atoms. The maximum Gasteiger partial charge on any atom is 0.346 e. The van der Waals surface area contributed by atoms with Crippen LogP contribution in [0.3, 0.4) is 0 Å². The summed E-state index contributed by atoms with van der Waals surface area (Å²) in [7, 11) is 2.86. The molecule has 0 aromatic heterocycles. The average Bonchev–Trinajstić information content (AvgIpc) is 2.70. The molecule has 0 N–H and O–H groups in total. The summed E-state index contributed by atoms with van der Waals surface area (Å²) in [4.78, 5) is 26.8. The zero-order valence-electron chi connectivity index (χ0n) is 17.0. The van der Waals surface area contributed by atoms with Gasteiger partial charge in [0, 0.05) is 12.2 Å². The maximum atomic E-state index is 12.8. The molecule has 1 amide bonds. The van der Waals surface area contributed by atoms with Gasteiger partial charge >= 0.3 is 5.97 Å². The first-order chi connectivity index (χ1) is 13.9. The van der Waals surface area contributed by atoms with Gasteiger partial charge in [-0.15, -0.1) is 0 Å². The average molecular weight is 396 g/mol. The van der Waals surface area contributed by atoms with E-state index in [-0.39, 0.29) is 30.0 Å². The number of methoxy groups -OCH3 is 2. The van der Waals surface area contributed by atoms with Crippen molar-refractivity contribution >= 4 is 17.6 Å². The summed E-state index contributed by atoms with van der Waals surface area (Å²) >= 11 is 0. The Morgan fingerprint density at radius 3 is 2.14 bits per heavy atom. The van der Waals surface area contributed by atoms with Gasteiger partial charge in [0.1, 0.15) is 17.1 Å². The topological polar surface area (TPSA) is 88.9 Å². The highest BCUT2D eigenvalue weighted by Gasteiger charge is 2.23. The van der Waals surface area contributed by atoms with Crippen LogP contribution in [0.5, 0.6) is 11.5 Å². The van der Waals surface area contributed by atoms with Crippen LogP contribution >= 0.6 is 0 Å². The third-order valence-electron chi connectivity index (χ3n) is 4.23. The van der Waals surface area contributed by atoms with Gasteiger partial charge < -0.3 is 19.1 Å². The van der Waals surface area contributed by atoms with Crippen molar-refractivity contribution in [3.8, 4) is 17.6 Å². The quantitative estimate of drug-likeness (QED) is 0.635. The Balaban J connectivity index is 2.20. The number of hydrogen-bond donors (Lipinski definition) is 0. The summed E-state index contributed by atoms with van der Waals surface area (Å²) in [6.07, 6.45) is 0.160. The van der Waals surface area contributed by atoms with Crippen molar-refractivity contribution in [3.63, 3.8) is 0 Å². The van der Waals surface area contributed by atoms with Crippen LogP contribution in [-0.4, -0.2) is 39.2 Å². The predicted octanol–water partition coefficient (Wildman–Crippen LogP) is 3.42. The lowest BCUT2D eigenvalue weighted by molar-refractivity contribution is -0.121. The summed E-state index contributed by atoms with van der Waals surface area (Å²) < 4.78 is 15.6. The molecule has 0 unspecified atom stereocenters. The van der Waals surface area contributed by atoms with Crippen LogP contribution in [0, 0.1) is 25.2 Å². The van der Waals surface area contributed by atoms with Crippen molar-refractivity contribution < 1.29 is 23.8 Å². The van der Waals surface area contributed by atoms with Crippen molar-refractivity contribution in [2.75, 3.05) is 32.3 Å². The summed E-state index contributed by atoms with van der Waals surface area (Å²) in [5.41, 5.74) is 2.75. The Labute approximate surface area is 170 Å². The molecule has 7 heteroatoms. The van der Waals surface area contributed by atoms with E-state index in [1.54, 1.807) is 18.2 Å². The van der Waals surface area contributed by atoms with Crippen molar-refractivity contribution in [2.45, 2.75) is 20.3 Å². The first-order valence-electron chi connectivity index (χ1n) is 9.05. The Kier molecular flexibility index (Phi) is 7.61. The van der Waals surface area contributed by atoms with E-state index in [1.807, 2.05) is 38.1 Å². The van der Waals surface area contributed by atoms with Crippen LogP contribution < -0.4 is 14.4 Å². The molecule has 0 saturated heterocycles. The smallest absolute Gasteiger partial charge is 0.346 e. The molecule has 7 nitrogen and oxygen atoms in total. The molecule has 0 aliphatic heterocycles. The van der Waals surface area contributed by atoms with Crippen LogP contribution in [0.15, 0.2) is 36.4 Å². The zero-order valence-corrected chi connectivity index (χ0v) is 17.0. The number of nitrogens with zero attached hydrogens (tertiary/aromatic N) is 2. The molecule has 0 aliphatic carbocycles. The number of carbonyl (C=O) groups is 2. The van der Waals surface area contributed by atoms with E-state index in [2.05, 4.69) is 0 Å². The molecule has 0 saturated carbocycles. The van der Waals surface area contributed by atoms with Crippen LogP contribution in [0.4, 0.5) is 5.69 Å². The monoisotopic (exact) mass is 396 g/mol. The summed E-state index contributed by atoms with van der Waals surface area (Å²) in [6, 6.07) is 12.6. The predicted molar refractivity (Wildman–Crippen MR) is 108 cm³/mol. The van der Waals surface area contributed by atoms with Gasteiger partial charge in [-0.2, -0.15) is 5.26 Å². The lowest BCUT2D eigenvalue weighted by Gasteiger charge is -2.23. The second-order valence-electron chi connectivity index (χ2n) is 6.41. The number of hydrogen-bond acceptors (Lipinski definition) is 6. The van der Waals surface area contributed by atoms with E-state index in [1.165, 1.54) is 19.1 Å². The zero-order chi connectivity index (χ0) is 21.4. The molecular formula is C22H24N2O5. The van der Waals surface area contributed by atoms with Crippen molar-refractivity contribution in [1.82, 2.24) is 0 Å². The van der Waals surface area contributed by atoms with Crippen LogP contribution in [-0.2, 0) is 9.53 Å². The molecule has 0 atom stereocenters. The van der Waals surface area contributed by atoms with Gasteiger partial charge in [0.25, 0.3) is 5.91 Å². The van der Waals surface area contributed by atoms with Gasteiger partial charge in [0.2, 0.25) is 0 Å². The lowest BCUT2D eigenvalue weighted by Crippen LogP contribution is -2.35. The minimum atomic E-state index is -0.728. The van der Waals surface area contributed by atoms with Crippen molar-refractivity contribution in [2.24, 2.45) is 0 Å². The van der Waals surface area contributed by atoms with Gasteiger partial charge in [-0.3, -0.25) is 4.79 Å². The van der Waals surface area contributed by atoms with Crippen molar-refractivity contribution in [3.05, 3.63) is 53.1 Å². The van der Waals surface area contributed by atoms with Gasteiger partial charge in [-0.25, -0.2) is 4.79 Å². The van der Waals surface area contributed by atoms with E-state index < -0.39 is 18.5 Å². The van der Waals surface area contributed by atoms with E-state index in [9.17, 15) is 9.59 Å².